The maximum Gasteiger partial charge on any atom is 0.326 e. The Morgan fingerprint density at radius 3 is 2.74 bits per heavy atom. The second-order valence-corrected chi connectivity index (χ2v) is 8.69. The van der Waals surface area contributed by atoms with Gasteiger partial charge in [-0.2, -0.15) is 0 Å². The molecule has 124 valence electrons. The first kappa shape index (κ1) is 18.4. The molecule has 2 aromatic rings. The lowest BCUT2D eigenvalue weighted by molar-refractivity contribution is -0.153. The Balaban J connectivity index is 2.21. The molecule has 0 saturated carbocycles. The predicted molar refractivity (Wildman–Crippen MR) is 101 cm³/mol. The summed E-state index contributed by atoms with van der Waals surface area (Å²) < 4.78 is 6.87. The molecule has 0 aromatic carbocycles. The molecule has 2 heterocycles. The first-order chi connectivity index (χ1) is 10.7. The van der Waals surface area contributed by atoms with Gasteiger partial charge in [0.05, 0.1) is 10.1 Å². The first-order valence-corrected chi connectivity index (χ1v) is 9.19. The van der Waals surface area contributed by atoms with Gasteiger partial charge < -0.3 is 9.64 Å². The zero-order valence-electron chi connectivity index (χ0n) is 13.0. The van der Waals surface area contributed by atoms with Crippen LogP contribution in [0.4, 0.5) is 5.82 Å². The third kappa shape index (κ3) is 5.89. The third-order valence-corrected chi connectivity index (χ3v) is 4.59. The van der Waals surface area contributed by atoms with E-state index < -0.39 is 5.60 Å². The van der Waals surface area contributed by atoms with E-state index in [9.17, 15) is 4.79 Å². The highest BCUT2D eigenvalue weighted by atomic mass is 127. The number of anilines is 1. The third-order valence-electron chi connectivity index (χ3n) is 2.65. The van der Waals surface area contributed by atoms with E-state index in [2.05, 4.69) is 32.6 Å². The van der Waals surface area contributed by atoms with E-state index in [-0.39, 0.29) is 12.5 Å². The molecule has 0 atom stereocenters. The zero-order valence-corrected chi connectivity index (χ0v) is 16.8. The molecule has 2 aromatic heterocycles. The molecule has 5 nitrogen and oxygen atoms in total. The van der Waals surface area contributed by atoms with Gasteiger partial charge in [-0.15, -0.1) is 11.3 Å². The predicted octanol–water partition coefficient (Wildman–Crippen LogP) is 4.14. The summed E-state index contributed by atoms with van der Waals surface area (Å²) in [5.74, 6) is 0.443. The van der Waals surface area contributed by atoms with Crippen molar-refractivity contribution in [3.05, 3.63) is 37.4 Å². The summed E-state index contributed by atoms with van der Waals surface area (Å²) in [4.78, 5) is 23.5. The molecule has 0 unspecified atom stereocenters. The van der Waals surface area contributed by atoms with Crippen LogP contribution in [0.5, 0.6) is 0 Å². The van der Waals surface area contributed by atoms with E-state index in [1.54, 1.807) is 12.4 Å². The summed E-state index contributed by atoms with van der Waals surface area (Å²) >= 11 is 9.49. The molecule has 0 aliphatic heterocycles. The van der Waals surface area contributed by atoms with E-state index in [0.717, 1.165) is 14.3 Å². The van der Waals surface area contributed by atoms with E-state index >= 15 is 0 Å². The van der Waals surface area contributed by atoms with Crippen LogP contribution in [0.15, 0.2) is 24.5 Å². The molecule has 0 N–H and O–H groups in total. The zero-order chi connectivity index (χ0) is 17.0. The molecule has 0 radical (unpaired) electrons. The van der Waals surface area contributed by atoms with Crippen LogP contribution in [0.3, 0.4) is 0 Å². The van der Waals surface area contributed by atoms with Crippen molar-refractivity contribution in [2.24, 2.45) is 0 Å². The average Bonchev–Trinajstić information content (AvgIpc) is 2.82. The van der Waals surface area contributed by atoms with Gasteiger partial charge in [-0.3, -0.25) is 4.79 Å². The fourth-order valence-electron chi connectivity index (χ4n) is 1.89. The molecule has 8 heteroatoms. The molecular formula is C15H17ClIN3O2S. The second-order valence-electron chi connectivity index (χ2n) is 5.83. The summed E-state index contributed by atoms with van der Waals surface area (Å²) in [6, 6.07) is 3.81. The van der Waals surface area contributed by atoms with Gasteiger partial charge in [0.2, 0.25) is 0 Å². The Morgan fingerprint density at radius 2 is 2.17 bits per heavy atom. The number of ether oxygens (including phenoxy) is 1. The second kappa shape index (κ2) is 7.76. The van der Waals surface area contributed by atoms with Crippen molar-refractivity contribution in [3.8, 4) is 0 Å². The maximum atomic E-state index is 12.2. The number of carbonyl (C=O) groups is 1. The summed E-state index contributed by atoms with van der Waals surface area (Å²) in [6.45, 7) is 6.16. The van der Waals surface area contributed by atoms with Crippen molar-refractivity contribution < 1.29 is 9.53 Å². The standard InChI is InChI=1S/C15H17ClIN3O2S/c1-15(2,3)22-12(21)9-20(8-10-7-19-14(16)23-10)13-11(17)5-4-6-18-13/h4-7H,8-9H2,1-3H3. The largest absolute Gasteiger partial charge is 0.459 e. The maximum absolute atomic E-state index is 12.2. The van der Waals surface area contributed by atoms with E-state index in [4.69, 9.17) is 16.3 Å². The highest BCUT2D eigenvalue weighted by molar-refractivity contribution is 14.1. The van der Waals surface area contributed by atoms with Crippen LogP contribution in [-0.2, 0) is 16.1 Å². The minimum absolute atomic E-state index is 0.111. The summed E-state index contributed by atoms with van der Waals surface area (Å²) in [5, 5.41) is 0. The number of hydrogen-bond acceptors (Lipinski definition) is 6. The Bertz CT molecular complexity index is 687. The molecule has 0 aliphatic rings. The number of halogens is 2. The van der Waals surface area contributed by atoms with Gasteiger partial charge in [0.15, 0.2) is 4.47 Å². The average molecular weight is 466 g/mol. The van der Waals surface area contributed by atoms with Gasteiger partial charge in [-0.05, 0) is 55.5 Å². The lowest BCUT2D eigenvalue weighted by Crippen LogP contribution is -2.35. The highest BCUT2D eigenvalue weighted by Crippen LogP contribution is 2.25. The number of rotatable bonds is 5. The number of esters is 1. The Morgan fingerprint density at radius 1 is 1.43 bits per heavy atom. The molecule has 0 amide bonds. The van der Waals surface area contributed by atoms with Crippen LogP contribution >= 0.6 is 45.5 Å². The fraction of sp³-hybridized carbons (Fsp3) is 0.400. The van der Waals surface area contributed by atoms with Crippen molar-refractivity contribution in [1.82, 2.24) is 9.97 Å². The summed E-state index contributed by atoms with van der Waals surface area (Å²) in [5.41, 5.74) is -0.520. The van der Waals surface area contributed by atoms with E-state index in [1.165, 1.54) is 11.3 Å². The van der Waals surface area contributed by atoms with Gasteiger partial charge >= 0.3 is 5.97 Å². The molecular weight excluding hydrogens is 449 g/mol. The molecule has 0 spiro atoms. The van der Waals surface area contributed by atoms with Crippen molar-refractivity contribution in [1.29, 1.82) is 0 Å². The monoisotopic (exact) mass is 465 g/mol. The topological polar surface area (TPSA) is 55.3 Å². The van der Waals surface area contributed by atoms with Crippen molar-refractivity contribution in [3.63, 3.8) is 0 Å². The number of hydrogen-bond donors (Lipinski definition) is 0. The minimum atomic E-state index is -0.520. The number of aromatic nitrogens is 2. The van der Waals surface area contributed by atoms with Crippen LogP contribution in [0, 0.1) is 3.57 Å². The van der Waals surface area contributed by atoms with Crippen LogP contribution in [0.2, 0.25) is 4.47 Å². The van der Waals surface area contributed by atoms with Gasteiger partial charge in [-0.1, -0.05) is 11.6 Å². The number of thiazole rings is 1. The lowest BCUT2D eigenvalue weighted by Gasteiger charge is -2.26. The Labute approximate surface area is 158 Å². The molecule has 0 fully saturated rings. The number of pyridine rings is 1. The van der Waals surface area contributed by atoms with Crippen LogP contribution < -0.4 is 4.90 Å². The van der Waals surface area contributed by atoms with Crippen molar-refractivity contribution >= 4 is 57.3 Å². The van der Waals surface area contributed by atoms with Gasteiger partial charge in [0.1, 0.15) is 18.0 Å². The van der Waals surface area contributed by atoms with Crippen molar-refractivity contribution in [2.45, 2.75) is 32.9 Å². The Kier molecular flexibility index (Phi) is 6.21. The van der Waals surface area contributed by atoms with Crippen molar-refractivity contribution in [2.75, 3.05) is 11.4 Å². The highest BCUT2D eigenvalue weighted by Gasteiger charge is 2.21. The first-order valence-electron chi connectivity index (χ1n) is 6.92. The number of carbonyl (C=O) groups excluding carboxylic acids is 1. The van der Waals surface area contributed by atoms with E-state index in [1.807, 2.05) is 37.8 Å². The van der Waals surface area contributed by atoms with Crippen LogP contribution in [-0.4, -0.2) is 28.1 Å². The van der Waals surface area contributed by atoms with Gasteiger partial charge in [0, 0.05) is 17.3 Å². The molecule has 0 saturated heterocycles. The van der Waals surface area contributed by atoms with Gasteiger partial charge in [0.25, 0.3) is 0 Å². The normalized spacial score (nSPS) is 11.3. The minimum Gasteiger partial charge on any atom is -0.459 e. The Hall–Kier alpha value is -0.930. The smallest absolute Gasteiger partial charge is 0.326 e. The molecule has 0 bridgehead atoms. The quantitative estimate of drug-likeness (QED) is 0.491. The lowest BCUT2D eigenvalue weighted by atomic mass is 10.2. The molecule has 2 rings (SSSR count). The molecule has 23 heavy (non-hydrogen) atoms. The van der Waals surface area contributed by atoms with Gasteiger partial charge in [-0.25, -0.2) is 9.97 Å². The van der Waals surface area contributed by atoms with Crippen LogP contribution in [0.1, 0.15) is 25.6 Å². The van der Waals surface area contributed by atoms with Crippen LogP contribution in [0.25, 0.3) is 0 Å². The summed E-state index contributed by atoms with van der Waals surface area (Å²) in [7, 11) is 0. The fourth-order valence-corrected chi connectivity index (χ4v) is 3.57. The summed E-state index contributed by atoms with van der Waals surface area (Å²) in [6.07, 6.45) is 3.42. The number of nitrogens with zero attached hydrogens (tertiary/aromatic N) is 3. The SMILES string of the molecule is CC(C)(C)OC(=O)CN(Cc1cnc(Cl)s1)c1ncccc1I. The molecule has 0 aliphatic carbocycles. The van der Waals surface area contributed by atoms with E-state index in [0.29, 0.717) is 11.0 Å².